The lowest BCUT2D eigenvalue weighted by Crippen LogP contribution is -2.46. The molecular formula is C29H37ClN2O6. The molecule has 1 N–H and O–H groups in total. The van der Waals surface area contributed by atoms with Crippen molar-refractivity contribution in [1.29, 1.82) is 0 Å². The van der Waals surface area contributed by atoms with Crippen molar-refractivity contribution in [3.05, 3.63) is 47.5 Å². The highest BCUT2D eigenvalue weighted by Gasteiger charge is 2.33. The summed E-state index contributed by atoms with van der Waals surface area (Å²) in [4.78, 5) is 28.8. The summed E-state index contributed by atoms with van der Waals surface area (Å²) in [6.45, 7) is 4.18. The van der Waals surface area contributed by atoms with Gasteiger partial charge in [-0.3, -0.25) is 9.59 Å². The molecule has 1 aliphatic heterocycles. The maximum atomic E-state index is 14.0. The molecule has 1 aliphatic carbocycles. The molecule has 0 radical (unpaired) electrons. The largest absolute Gasteiger partial charge is 0.493 e. The smallest absolute Gasteiger partial charge is 0.247 e. The highest BCUT2D eigenvalue weighted by atomic mass is 35.5. The van der Waals surface area contributed by atoms with Crippen molar-refractivity contribution in [3.8, 4) is 23.0 Å². The second-order valence-corrected chi connectivity index (χ2v) is 10.3. The van der Waals surface area contributed by atoms with E-state index >= 15 is 0 Å². The van der Waals surface area contributed by atoms with Crippen LogP contribution in [-0.2, 0) is 16.1 Å². The molecule has 4 rings (SSSR count). The molecule has 1 atom stereocenters. The summed E-state index contributed by atoms with van der Waals surface area (Å²) in [6, 6.07) is 10.0. The Balaban J connectivity index is 1.71. The number of hydrogen-bond donors (Lipinski definition) is 1. The van der Waals surface area contributed by atoms with E-state index in [4.69, 9.17) is 30.5 Å². The van der Waals surface area contributed by atoms with Gasteiger partial charge in [-0.25, -0.2) is 0 Å². The molecule has 0 saturated heterocycles. The molecule has 0 bridgehead atoms. The van der Waals surface area contributed by atoms with E-state index in [1.54, 1.807) is 19.2 Å². The van der Waals surface area contributed by atoms with E-state index < -0.39 is 6.04 Å². The van der Waals surface area contributed by atoms with Gasteiger partial charge < -0.3 is 29.2 Å². The first-order chi connectivity index (χ1) is 18.4. The highest BCUT2D eigenvalue weighted by Crippen LogP contribution is 2.36. The van der Waals surface area contributed by atoms with Crippen LogP contribution in [0.2, 0.25) is 0 Å². The summed E-state index contributed by atoms with van der Waals surface area (Å²) >= 11 is 6.09. The van der Waals surface area contributed by atoms with Gasteiger partial charge in [0, 0.05) is 12.6 Å². The van der Waals surface area contributed by atoms with E-state index in [2.05, 4.69) is 5.32 Å². The Labute approximate surface area is 229 Å². The third-order valence-electron chi connectivity index (χ3n) is 6.85. The number of fused-ring (bicyclic) bond motifs is 1. The van der Waals surface area contributed by atoms with Gasteiger partial charge in [0.15, 0.2) is 23.0 Å². The van der Waals surface area contributed by atoms with Gasteiger partial charge in [-0.15, -0.1) is 11.6 Å². The minimum Gasteiger partial charge on any atom is -0.493 e. The average Bonchev–Trinajstić information content (AvgIpc) is 3.23. The SMILES string of the molecule is COc1cc(C(C(=O)NC2CCCCCC2)N(Cc2ccc3c(c2)OCO3)C(=O)CCl)ccc1OC(C)C. The molecule has 0 spiro atoms. The first kappa shape index (κ1) is 27.9. The number of carbonyl (C=O) groups excluding carboxylic acids is 2. The van der Waals surface area contributed by atoms with Crippen LogP contribution in [-0.4, -0.2) is 48.6 Å². The van der Waals surface area contributed by atoms with E-state index in [1.807, 2.05) is 38.1 Å². The van der Waals surface area contributed by atoms with Gasteiger partial charge in [-0.1, -0.05) is 37.8 Å². The molecule has 2 aromatic rings. The van der Waals surface area contributed by atoms with Crippen molar-refractivity contribution in [2.24, 2.45) is 0 Å². The topological polar surface area (TPSA) is 86.3 Å². The van der Waals surface area contributed by atoms with Crippen molar-refractivity contribution in [2.45, 2.75) is 77.1 Å². The summed E-state index contributed by atoms with van der Waals surface area (Å²) < 4.78 is 22.4. The first-order valence-corrected chi connectivity index (χ1v) is 13.8. The third kappa shape index (κ3) is 6.84. The third-order valence-corrected chi connectivity index (χ3v) is 7.08. The lowest BCUT2D eigenvalue weighted by atomic mass is 10.0. The Morgan fingerprint density at radius 1 is 1.03 bits per heavy atom. The van der Waals surface area contributed by atoms with Crippen LogP contribution in [0.25, 0.3) is 0 Å². The second-order valence-electron chi connectivity index (χ2n) is 10.0. The predicted molar refractivity (Wildman–Crippen MR) is 145 cm³/mol. The van der Waals surface area contributed by atoms with Gasteiger partial charge >= 0.3 is 0 Å². The quantitative estimate of drug-likeness (QED) is 0.320. The average molecular weight is 545 g/mol. The molecule has 38 heavy (non-hydrogen) atoms. The number of nitrogens with zero attached hydrogens (tertiary/aromatic N) is 1. The molecule has 1 heterocycles. The summed E-state index contributed by atoms with van der Waals surface area (Å²) in [6.07, 6.45) is 6.29. The van der Waals surface area contributed by atoms with Crippen LogP contribution in [0, 0.1) is 0 Å². The number of rotatable bonds is 10. The Morgan fingerprint density at radius 3 is 2.45 bits per heavy atom. The van der Waals surface area contributed by atoms with Gasteiger partial charge in [0.1, 0.15) is 11.9 Å². The summed E-state index contributed by atoms with van der Waals surface area (Å²) in [5.41, 5.74) is 1.41. The monoisotopic (exact) mass is 544 g/mol. The van der Waals surface area contributed by atoms with Crippen molar-refractivity contribution in [3.63, 3.8) is 0 Å². The number of amides is 2. The number of ether oxygens (including phenoxy) is 4. The van der Waals surface area contributed by atoms with Crippen molar-refractivity contribution in [2.75, 3.05) is 19.8 Å². The lowest BCUT2D eigenvalue weighted by Gasteiger charge is -2.33. The Hall–Kier alpha value is -3.13. The fourth-order valence-electron chi connectivity index (χ4n) is 5.02. The molecule has 0 aromatic heterocycles. The van der Waals surface area contributed by atoms with E-state index in [0.717, 1.165) is 31.2 Å². The Kier molecular flexibility index (Phi) is 9.61. The summed E-state index contributed by atoms with van der Waals surface area (Å²) in [5.74, 6) is 1.46. The van der Waals surface area contributed by atoms with Crippen LogP contribution in [0.5, 0.6) is 23.0 Å². The van der Waals surface area contributed by atoms with Crippen LogP contribution in [0.15, 0.2) is 36.4 Å². The van der Waals surface area contributed by atoms with E-state index in [0.29, 0.717) is 28.6 Å². The number of benzene rings is 2. The van der Waals surface area contributed by atoms with Crippen molar-refractivity contribution in [1.82, 2.24) is 10.2 Å². The number of hydrogen-bond acceptors (Lipinski definition) is 6. The normalized spacial score (nSPS) is 16.0. The second kappa shape index (κ2) is 13.1. The summed E-state index contributed by atoms with van der Waals surface area (Å²) in [5, 5.41) is 3.24. The molecule has 1 unspecified atom stereocenters. The number of nitrogens with one attached hydrogen (secondary N) is 1. The van der Waals surface area contributed by atoms with Gasteiger partial charge in [-0.05, 0) is 62.1 Å². The number of alkyl halides is 1. The maximum absolute atomic E-state index is 14.0. The molecule has 2 aliphatic rings. The molecule has 206 valence electrons. The van der Waals surface area contributed by atoms with Crippen LogP contribution in [0.1, 0.15) is 69.5 Å². The fraction of sp³-hybridized carbons (Fsp3) is 0.517. The maximum Gasteiger partial charge on any atom is 0.247 e. The van der Waals surface area contributed by atoms with Gasteiger partial charge in [0.2, 0.25) is 18.6 Å². The van der Waals surface area contributed by atoms with Gasteiger partial charge in [0.05, 0.1) is 13.2 Å². The molecule has 2 aromatic carbocycles. The molecule has 1 saturated carbocycles. The standard InChI is InChI=1S/C29H37ClN2O6/c1-19(2)38-24-13-11-21(15-25(24)35-3)28(29(34)31-22-8-6-4-5-7-9-22)32(27(33)16-30)17-20-10-12-23-26(14-20)37-18-36-23/h10-15,19,22,28H,4-9,16-18H2,1-3H3,(H,31,34). The molecule has 9 heteroatoms. The molecule has 2 amide bonds. The van der Waals surface area contributed by atoms with Gasteiger partial charge in [0.25, 0.3) is 0 Å². The minimum absolute atomic E-state index is 0.0515. The zero-order valence-electron chi connectivity index (χ0n) is 22.3. The van der Waals surface area contributed by atoms with Crippen molar-refractivity contribution < 1.29 is 28.5 Å². The zero-order chi connectivity index (χ0) is 27.1. The fourth-order valence-corrected chi connectivity index (χ4v) is 5.17. The summed E-state index contributed by atoms with van der Waals surface area (Å²) in [7, 11) is 1.56. The van der Waals surface area contributed by atoms with E-state index in [-0.39, 0.29) is 43.2 Å². The molecular weight excluding hydrogens is 508 g/mol. The molecule has 8 nitrogen and oxygen atoms in total. The number of halogens is 1. The van der Waals surface area contributed by atoms with Crippen LogP contribution >= 0.6 is 11.6 Å². The van der Waals surface area contributed by atoms with E-state index in [1.165, 1.54) is 17.7 Å². The predicted octanol–water partition coefficient (Wildman–Crippen LogP) is 5.36. The molecule has 1 fully saturated rings. The number of carbonyl (C=O) groups is 2. The highest BCUT2D eigenvalue weighted by molar-refractivity contribution is 6.27. The van der Waals surface area contributed by atoms with Crippen LogP contribution in [0.4, 0.5) is 0 Å². The van der Waals surface area contributed by atoms with Crippen LogP contribution in [0.3, 0.4) is 0 Å². The zero-order valence-corrected chi connectivity index (χ0v) is 23.1. The first-order valence-electron chi connectivity index (χ1n) is 13.3. The van der Waals surface area contributed by atoms with E-state index in [9.17, 15) is 9.59 Å². The Morgan fingerprint density at radius 2 is 1.76 bits per heavy atom. The minimum atomic E-state index is -0.920. The lowest BCUT2D eigenvalue weighted by molar-refractivity contribution is -0.140. The van der Waals surface area contributed by atoms with Crippen LogP contribution < -0.4 is 24.3 Å². The Bertz CT molecular complexity index is 1120. The van der Waals surface area contributed by atoms with Crippen molar-refractivity contribution >= 4 is 23.4 Å². The number of methoxy groups -OCH3 is 1. The van der Waals surface area contributed by atoms with Gasteiger partial charge in [-0.2, -0.15) is 0 Å².